The van der Waals surface area contributed by atoms with Crippen molar-refractivity contribution >= 4 is 9.04 Å². The van der Waals surface area contributed by atoms with Crippen molar-refractivity contribution in [2.45, 2.75) is 25.9 Å². The van der Waals surface area contributed by atoms with Gasteiger partial charge in [0.05, 0.1) is 0 Å². The van der Waals surface area contributed by atoms with Crippen LogP contribution in [0.5, 0.6) is 0 Å². The average molecular weight is 161 g/mol. The molecule has 0 amide bonds. The van der Waals surface area contributed by atoms with Crippen LogP contribution in [0, 0.1) is 0 Å². The van der Waals surface area contributed by atoms with E-state index in [-0.39, 0.29) is 0 Å². The quantitative estimate of drug-likeness (QED) is 0.463. The zero-order valence-electron chi connectivity index (χ0n) is 7.31. The van der Waals surface area contributed by atoms with Crippen molar-refractivity contribution in [3.05, 3.63) is 0 Å². The van der Waals surface area contributed by atoms with Gasteiger partial charge in [0.25, 0.3) is 0 Å². The smallest absolute Gasteiger partial charge is 0.170 e. The fourth-order valence-electron chi connectivity index (χ4n) is 0.723. The summed E-state index contributed by atoms with van der Waals surface area (Å²) in [5, 5.41) is 3.11. The van der Waals surface area contributed by atoms with Crippen molar-refractivity contribution in [2.24, 2.45) is 0 Å². The molecule has 3 heteroatoms. The summed E-state index contributed by atoms with van der Waals surface area (Å²) in [7, 11) is 1.24. The first-order valence-electron chi connectivity index (χ1n) is 4.03. The van der Waals surface area contributed by atoms with Crippen molar-refractivity contribution in [3.8, 4) is 0 Å². The molecule has 0 aliphatic carbocycles. The lowest BCUT2D eigenvalue weighted by Crippen LogP contribution is -2.11. The molecule has 0 unspecified atom stereocenters. The summed E-state index contributed by atoms with van der Waals surface area (Å²) in [5.74, 6) is 0. The highest BCUT2D eigenvalue weighted by Gasteiger charge is 1.93. The Labute approximate surface area is 65.7 Å². The predicted octanol–water partition coefficient (Wildman–Crippen LogP) is 0.986. The fourth-order valence-corrected chi connectivity index (χ4v) is 1.36. The van der Waals surface area contributed by atoms with Gasteiger partial charge in [-0.25, -0.2) is 0 Å². The molecule has 0 spiro atoms. The molecule has 0 radical (unpaired) electrons. The number of rotatable bonds is 6. The van der Waals surface area contributed by atoms with E-state index in [9.17, 15) is 0 Å². The van der Waals surface area contributed by atoms with Crippen LogP contribution in [-0.2, 0) is 4.43 Å². The van der Waals surface area contributed by atoms with Gasteiger partial charge < -0.3 is 9.74 Å². The highest BCUT2D eigenvalue weighted by atomic mass is 28.3. The number of unbranched alkanes of at least 4 members (excludes halogenated alkanes) is 1. The van der Waals surface area contributed by atoms with Crippen LogP contribution >= 0.6 is 0 Å². The zero-order valence-corrected chi connectivity index (χ0v) is 8.47. The van der Waals surface area contributed by atoms with Crippen LogP contribution in [0.3, 0.4) is 0 Å². The van der Waals surface area contributed by atoms with Crippen molar-refractivity contribution in [1.29, 1.82) is 0 Å². The van der Waals surface area contributed by atoms with Crippen LogP contribution in [0.25, 0.3) is 0 Å². The van der Waals surface area contributed by atoms with Gasteiger partial charge in [0.2, 0.25) is 0 Å². The lowest BCUT2D eigenvalue weighted by atomic mass is 10.3. The SMILES string of the molecule is CNCCCCO[SiH](C)C. The van der Waals surface area contributed by atoms with Crippen molar-refractivity contribution in [3.63, 3.8) is 0 Å². The molecule has 0 aromatic heterocycles. The molecule has 0 aliphatic rings. The lowest BCUT2D eigenvalue weighted by Gasteiger charge is -2.05. The Hall–Kier alpha value is 0.137. The fraction of sp³-hybridized carbons (Fsp3) is 1.00. The van der Waals surface area contributed by atoms with Crippen LogP contribution in [0.1, 0.15) is 12.8 Å². The summed E-state index contributed by atoms with van der Waals surface area (Å²) in [6.07, 6.45) is 2.43. The Morgan fingerprint density at radius 1 is 1.30 bits per heavy atom. The average Bonchev–Trinajstić information content (AvgIpc) is 1.87. The monoisotopic (exact) mass is 161 g/mol. The third-order valence-corrected chi connectivity index (χ3v) is 2.17. The molecule has 0 aliphatic heterocycles. The van der Waals surface area contributed by atoms with E-state index >= 15 is 0 Å². The third-order valence-electron chi connectivity index (χ3n) is 1.27. The van der Waals surface area contributed by atoms with Crippen molar-refractivity contribution < 1.29 is 4.43 Å². The minimum atomic E-state index is -0.742. The summed E-state index contributed by atoms with van der Waals surface area (Å²) in [6, 6.07) is 0. The van der Waals surface area contributed by atoms with Gasteiger partial charge in [-0.1, -0.05) is 0 Å². The Morgan fingerprint density at radius 2 is 2.00 bits per heavy atom. The Bertz CT molecular complexity index is 68.6. The zero-order chi connectivity index (χ0) is 7.82. The molecular weight excluding hydrogens is 142 g/mol. The van der Waals surface area contributed by atoms with E-state index < -0.39 is 9.04 Å². The Kier molecular flexibility index (Phi) is 7.35. The lowest BCUT2D eigenvalue weighted by molar-refractivity contribution is 0.314. The van der Waals surface area contributed by atoms with E-state index in [1.54, 1.807) is 0 Å². The molecule has 2 nitrogen and oxygen atoms in total. The van der Waals surface area contributed by atoms with E-state index in [4.69, 9.17) is 4.43 Å². The van der Waals surface area contributed by atoms with Crippen LogP contribution in [0.15, 0.2) is 0 Å². The number of nitrogens with one attached hydrogen (secondary N) is 1. The maximum atomic E-state index is 5.50. The molecule has 0 saturated heterocycles. The molecule has 0 atom stereocenters. The molecular formula is C7H19NOSi. The Balaban J connectivity index is 2.77. The van der Waals surface area contributed by atoms with Gasteiger partial charge in [-0.3, -0.25) is 0 Å². The van der Waals surface area contributed by atoms with Gasteiger partial charge in [-0.15, -0.1) is 0 Å². The van der Waals surface area contributed by atoms with E-state index in [0.29, 0.717) is 0 Å². The molecule has 0 saturated carbocycles. The topological polar surface area (TPSA) is 21.3 Å². The minimum Gasteiger partial charge on any atom is -0.421 e. The van der Waals surface area contributed by atoms with Crippen LogP contribution < -0.4 is 5.32 Å². The summed E-state index contributed by atoms with van der Waals surface area (Å²) in [6.45, 7) is 6.49. The maximum absolute atomic E-state index is 5.50. The molecule has 1 N–H and O–H groups in total. The molecule has 0 aromatic rings. The molecule has 0 heterocycles. The first-order valence-corrected chi connectivity index (χ1v) is 6.81. The summed E-state index contributed by atoms with van der Waals surface area (Å²) >= 11 is 0. The largest absolute Gasteiger partial charge is 0.421 e. The molecule has 0 aromatic carbocycles. The molecule has 0 fully saturated rings. The second kappa shape index (κ2) is 7.25. The first kappa shape index (κ1) is 10.1. The van der Waals surface area contributed by atoms with Crippen LogP contribution in [0.4, 0.5) is 0 Å². The van der Waals surface area contributed by atoms with Crippen LogP contribution in [-0.4, -0.2) is 29.2 Å². The van der Waals surface area contributed by atoms with Gasteiger partial charge in [0.1, 0.15) is 0 Å². The highest BCUT2D eigenvalue weighted by Crippen LogP contribution is 1.90. The highest BCUT2D eigenvalue weighted by molar-refractivity contribution is 6.48. The second-order valence-corrected chi connectivity index (χ2v) is 5.16. The molecule has 0 rings (SSSR count). The van der Waals surface area contributed by atoms with E-state index in [1.807, 2.05) is 7.05 Å². The second-order valence-electron chi connectivity index (χ2n) is 2.73. The van der Waals surface area contributed by atoms with Crippen molar-refractivity contribution in [2.75, 3.05) is 20.2 Å². The molecule has 62 valence electrons. The summed E-state index contributed by atoms with van der Waals surface area (Å²) < 4.78 is 5.50. The summed E-state index contributed by atoms with van der Waals surface area (Å²) in [5.41, 5.74) is 0. The number of hydrogen-bond acceptors (Lipinski definition) is 2. The first-order chi connectivity index (χ1) is 4.77. The normalized spacial score (nSPS) is 10.8. The minimum absolute atomic E-state index is 0.742. The third kappa shape index (κ3) is 8.14. The van der Waals surface area contributed by atoms with E-state index in [1.165, 1.54) is 12.8 Å². The Morgan fingerprint density at radius 3 is 2.50 bits per heavy atom. The summed E-state index contributed by atoms with van der Waals surface area (Å²) in [4.78, 5) is 0. The molecule has 0 bridgehead atoms. The van der Waals surface area contributed by atoms with Gasteiger partial charge in [-0.05, 0) is 39.5 Å². The number of hydrogen-bond donors (Lipinski definition) is 1. The van der Waals surface area contributed by atoms with Crippen LogP contribution in [0.2, 0.25) is 13.1 Å². The van der Waals surface area contributed by atoms with Gasteiger partial charge >= 0.3 is 0 Å². The van der Waals surface area contributed by atoms with Gasteiger partial charge in [0.15, 0.2) is 9.04 Å². The predicted molar refractivity (Wildman–Crippen MR) is 48.0 cm³/mol. The van der Waals surface area contributed by atoms with E-state index in [2.05, 4.69) is 18.4 Å². The van der Waals surface area contributed by atoms with E-state index in [0.717, 1.165) is 13.2 Å². The molecule has 10 heavy (non-hydrogen) atoms. The van der Waals surface area contributed by atoms with Crippen molar-refractivity contribution in [1.82, 2.24) is 5.32 Å². The van der Waals surface area contributed by atoms with Gasteiger partial charge in [-0.2, -0.15) is 0 Å². The van der Waals surface area contributed by atoms with Gasteiger partial charge in [0, 0.05) is 6.61 Å². The maximum Gasteiger partial charge on any atom is 0.170 e. The standard InChI is InChI=1S/C7H19NOSi/c1-8-6-4-5-7-9-10(2)3/h8,10H,4-7H2,1-3H3.